The van der Waals surface area contributed by atoms with Crippen LogP contribution in [0.15, 0.2) is 54.6 Å². The van der Waals surface area contributed by atoms with Crippen LogP contribution in [0.5, 0.6) is 0 Å². The molecule has 0 saturated carbocycles. The Morgan fingerprint density at radius 3 is 2.54 bits per heavy atom. The third-order valence-electron chi connectivity index (χ3n) is 4.31. The molecule has 1 aromatic heterocycles. The van der Waals surface area contributed by atoms with Crippen LogP contribution in [0.1, 0.15) is 22.3 Å². The highest BCUT2D eigenvalue weighted by atomic mass is 16.5. The van der Waals surface area contributed by atoms with E-state index in [4.69, 9.17) is 16.2 Å². The number of rotatable bonds is 6. The Morgan fingerprint density at radius 1 is 1.04 bits per heavy atom. The molecule has 142 valence electrons. The van der Waals surface area contributed by atoms with Gasteiger partial charge in [0.15, 0.2) is 0 Å². The molecule has 3 aromatic rings. The van der Waals surface area contributed by atoms with Gasteiger partial charge >= 0.3 is 5.97 Å². The van der Waals surface area contributed by atoms with E-state index in [0.717, 1.165) is 11.1 Å². The van der Waals surface area contributed by atoms with Crippen LogP contribution < -0.4 is 11.5 Å². The summed E-state index contributed by atoms with van der Waals surface area (Å²) in [4.78, 5) is 23.1. The molecule has 0 unspecified atom stereocenters. The number of amides is 1. The van der Waals surface area contributed by atoms with Gasteiger partial charge in [-0.3, -0.25) is 4.79 Å². The Labute approximate surface area is 162 Å². The SMILES string of the molecule is COC(=O)c1cccc(-c2cc(CCC(N)=O)c(-c3ccccc3N)nn2)c1. The number of benzene rings is 2. The van der Waals surface area contributed by atoms with Gasteiger partial charge in [-0.15, -0.1) is 10.2 Å². The molecular weight excluding hydrogens is 356 g/mol. The summed E-state index contributed by atoms with van der Waals surface area (Å²) in [5, 5.41) is 8.67. The van der Waals surface area contributed by atoms with Gasteiger partial charge in [-0.25, -0.2) is 4.79 Å². The molecule has 0 radical (unpaired) electrons. The quantitative estimate of drug-likeness (QED) is 0.504. The van der Waals surface area contributed by atoms with Crippen molar-refractivity contribution in [1.82, 2.24) is 10.2 Å². The van der Waals surface area contributed by atoms with E-state index in [9.17, 15) is 9.59 Å². The number of ether oxygens (including phenoxy) is 1. The molecule has 0 aliphatic rings. The van der Waals surface area contributed by atoms with E-state index in [1.807, 2.05) is 30.3 Å². The summed E-state index contributed by atoms with van der Waals surface area (Å²) in [6, 6.07) is 16.1. The molecule has 0 fully saturated rings. The largest absolute Gasteiger partial charge is 0.465 e. The van der Waals surface area contributed by atoms with E-state index in [1.165, 1.54) is 7.11 Å². The number of esters is 1. The molecule has 0 aliphatic carbocycles. The molecule has 1 amide bonds. The second kappa shape index (κ2) is 8.30. The second-order valence-corrected chi connectivity index (χ2v) is 6.23. The molecule has 28 heavy (non-hydrogen) atoms. The van der Waals surface area contributed by atoms with Crippen molar-refractivity contribution in [3.63, 3.8) is 0 Å². The number of hydrogen-bond acceptors (Lipinski definition) is 6. The maximum absolute atomic E-state index is 11.8. The second-order valence-electron chi connectivity index (χ2n) is 6.23. The molecule has 0 saturated heterocycles. The fraction of sp³-hybridized carbons (Fsp3) is 0.143. The van der Waals surface area contributed by atoms with E-state index in [1.54, 1.807) is 24.3 Å². The van der Waals surface area contributed by atoms with Crippen molar-refractivity contribution in [1.29, 1.82) is 0 Å². The smallest absolute Gasteiger partial charge is 0.337 e. The minimum Gasteiger partial charge on any atom is -0.465 e. The van der Waals surface area contributed by atoms with Gasteiger partial charge in [0.05, 0.1) is 24.1 Å². The fourth-order valence-electron chi connectivity index (χ4n) is 2.88. The van der Waals surface area contributed by atoms with Gasteiger partial charge in [0.1, 0.15) is 0 Å². The van der Waals surface area contributed by atoms with Crippen LogP contribution in [0.25, 0.3) is 22.5 Å². The number of para-hydroxylation sites is 1. The van der Waals surface area contributed by atoms with Crippen molar-refractivity contribution in [2.75, 3.05) is 12.8 Å². The zero-order chi connectivity index (χ0) is 20.1. The van der Waals surface area contributed by atoms with Gasteiger partial charge in [0.25, 0.3) is 0 Å². The van der Waals surface area contributed by atoms with E-state index < -0.39 is 11.9 Å². The van der Waals surface area contributed by atoms with Crippen molar-refractivity contribution < 1.29 is 14.3 Å². The van der Waals surface area contributed by atoms with Crippen LogP contribution in [0.2, 0.25) is 0 Å². The fourth-order valence-corrected chi connectivity index (χ4v) is 2.88. The Morgan fingerprint density at radius 2 is 1.82 bits per heavy atom. The van der Waals surface area contributed by atoms with E-state index >= 15 is 0 Å². The van der Waals surface area contributed by atoms with Crippen molar-refractivity contribution in [2.45, 2.75) is 12.8 Å². The van der Waals surface area contributed by atoms with Gasteiger partial charge in [-0.05, 0) is 36.2 Å². The zero-order valence-electron chi connectivity index (χ0n) is 15.4. The zero-order valence-corrected chi connectivity index (χ0v) is 15.4. The molecule has 7 nitrogen and oxygen atoms in total. The highest BCUT2D eigenvalue weighted by Crippen LogP contribution is 2.30. The first-order chi connectivity index (χ1) is 13.5. The Bertz CT molecular complexity index is 1030. The van der Waals surface area contributed by atoms with Gasteiger partial charge in [-0.1, -0.05) is 30.3 Å². The monoisotopic (exact) mass is 376 g/mol. The Hall–Kier alpha value is -3.74. The van der Waals surface area contributed by atoms with Crippen LogP contribution in [0.4, 0.5) is 5.69 Å². The molecule has 1 heterocycles. The number of methoxy groups -OCH3 is 1. The predicted octanol–water partition coefficient (Wildman–Crippen LogP) is 2.60. The summed E-state index contributed by atoms with van der Waals surface area (Å²) >= 11 is 0. The summed E-state index contributed by atoms with van der Waals surface area (Å²) in [7, 11) is 1.33. The minimum absolute atomic E-state index is 0.174. The third-order valence-corrected chi connectivity index (χ3v) is 4.31. The lowest BCUT2D eigenvalue weighted by molar-refractivity contribution is -0.117. The third kappa shape index (κ3) is 4.15. The number of nitrogens with two attached hydrogens (primary N) is 2. The number of aryl methyl sites for hydroxylation is 1. The average Bonchev–Trinajstić information content (AvgIpc) is 2.72. The van der Waals surface area contributed by atoms with Gasteiger partial charge in [-0.2, -0.15) is 0 Å². The molecule has 2 aromatic carbocycles. The summed E-state index contributed by atoms with van der Waals surface area (Å²) in [5.41, 5.74) is 15.8. The molecule has 4 N–H and O–H groups in total. The lowest BCUT2D eigenvalue weighted by atomic mass is 9.99. The van der Waals surface area contributed by atoms with E-state index in [0.29, 0.717) is 34.6 Å². The minimum atomic E-state index is -0.433. The number of carbonyl (C=O) groups excluding carboxylic acids is 2. The normalized spacial score (nSPS) is 10.5. The first-order valence-electron chi connectivity index (χ1n) is 8.68. The van der Waals surface area contributed by atoms with Crippen molar-refractivity contribution in [2.24, 2.45) is 5.73 Å². The molecule has 3 rings (SSSR count). The summed E-state index contributed by atoms with van der Waals surface area (Å²) < 4.78 is 4.77. The first-order valence-corrected chi connectivity index (χ1v) is 8.68. The summed E-state index contributed by atoms with van der Waals surface area (Å²) in [5.74, 6) is -0.838. The molecule has 0 aliphatic heterocycles. The predicted molar refractivity (Wildman–Crippen MR) is 106 cm³/mol. The van der Waals surface area contributed by atoms with E-state index in [-0.39, 0.29) is 6.42 Å². The highest BCUT2D eigenvalue weighted by Gasteiger charge is 2.15. The lowest BCUT2D eigenvalue weighted by Crippen LogP contribution is -2.12. The lowest BCUT2D eigenvalue weighted by Gasteiger charge is -2.12. The molecule has 0 bridgehead atoms. The van der Waals surface area contributed by atoms with E-state index in [2.05, 4.69) is 10.2 Å². The number of nitrogens with zero attached hydrogens (tertiary/aromatic N) is 2. The molecule has 0 spiro atoms. The maximum atomic E-state index is 11.8. The van der Waals surface area contributed by atoms with Crippen molar-refractivity contribution in [3.05, 3.63) is 65.7 Å². The van der Waals surface area contributed by atoms with Crippen molar-refractivity contribution in [3.8, 4) is 22.5 Å². The Kier molecular flexibility index (Phi) is 5.64. The van der Waals surface area contributed by atoms with Crippen molar-refractivity contribution >= 4 is 17.6 Å². The summed E-state index contributed by atoms with van der Waals surface area (Å²) in [6.45, 7) is 0. The summed E-state index contributed by atoms with van der Waals surface area (Å²) in [6.07, 6.45) is 0.575. The maximum Gasteiger partial charge on any atom is 0.337 e. The van der Waals surface area contributed by atoms with Crippen LogP contribution in [-0.2, 0) is 16.0 Å². The van der Waals surface area contributed by atoms with Gasteiger partial charge < -0.3 is 16.2 Å². The van der Waals surface area contributed by atoms with Crippen LogP contribution in [0, 0.1) is 0 Å². The van der Waals surface area contributed by atoms with Gasteiger partial charge in [0, 0.05) is 23.2 Å². The number of aromatic nitrogens is 2. The number of primary amides is 1. The molecule has 7 heteroatoms. The standard InChI is InChI=1S/C21H20N4O3/c1-28-21(27)15-6-4-5-13(11-15)18-12-14(9-10-19(23)26)20(25-24-18)16-7-2-3-8-17(16)22/h2-8,11-12H,9-10,22H2,1H3,(H2,23,26). The average molecular weight is 376 g/mol. The topological polar surface area (TPSA) is 121 Å². The first kappa shape index (κ1) is 19.0. The number of hydrogen-bond donors (Lipinski definition) is 2. The number of carbonyl (C=O) groups is 2. The molecular formula is C21H20N4O3. The van der Waals surface area contributed by atoms with Crippen LogP contribution >= 0.6 is 0 Å². The Balaban J connectivity index is 2.07. The number of nitrogen functional groups attached to an aromatic ring is 1. The van der Waals surface area contributed by atoms with Gasteiger partial charge in [0.2, 0.25) is 5.91 Å². The van der Waals surface area contributed by atoms with Crippen LogP contribution in [0.3, 0.4) is 0 Å². The highest BCUT2D eigenvalue weighted by molar-refractivity contribution is 5.90. The van der Waals surface area contributed by atoms with Crippen LogP contribution in [-0.4, -0.2) is 29.2 Å². The number of anilines is 1. The molecule has 0 atom stereocenters.